The van der Waals surface area contributed by atoms with E-state index in [4.69, 9.17) is 0 Å². The number of tetrazole rings is 1. The second kappa shape index (κ2) is 8.65. The number of alkyl halides is 3. The average Bonchev–Trinajstić information content (AvgIpc) is 3.23. The molecule has 3 aromatic carbocycles. The minimum atomic E-state index is -4.47. The van der Waals surface area contributed by atoms with Crippen molar-refractivity contribution in [1.29, 1.82) is 0 Å². The maximum absolute atomic E-state index is 13.9. The lowest BCUT2D eigenvalue weighted by Gasteiger charge is -2.12. The molecule has 0 spiro atoms. The summed E-state index contributed by atoms with van der Waals surface area (Å²) in [6, 6.07) is 14.2. The summed E-state index contributed by atoms with van der Waals surface area (Å²) in [4.78, 5) is 11.8. The Morgan fingerprint density at radius 1 is 1.03 bits per heavy atom. The molecule has 0 saturated carbocycles. The largest absolute Gasteiger partial charge is 0.416 e. The van der Waals surface area contributed by atoms with Crippen LogP contribution >= 0.6 is 0 Å². The molecule has 8 nitrogen and oxygen atoms in total. The van der Waals surface area contributed by atoms with Gasteiger partial charge in [0.2, 0.25) is 5.82 Å². The minimum Gasteiger partial charge on any atom is -0.355 e. The van der Waals surface area contributed by atoms with Crippen LogP contribution in [0.2, 0.25) is 0 Å². The van der Waals surface area contributed by atoms with Gasteiger partial charge in [-0.05, 0) is 41.6 Å². The second-order valence-electron chi connectivity index (χ2n) is 6.92. The molecule has 4 aromatic rings. The van der Waals surface area contributed by atoms with Crippen molar-refractivity contribution in [1.82, 2.24) is 20.2 Å². The fourth-order valence-corrected chi connectivity index (χ4v) is 3.03. The number of benzene rings is 3. The highest BCUT2D eigenvalue weighted by atomic mass is 19.4. The van der Waals surface area contributed by atoms with E-state index in [9.17, 15) is 27.7 Å². The van der Waals surface area contributed by atoms with Crippen molar-refractivity contribution >= 4 is 17.1 Å². The van der Waals surface area contributed by atoms with Gasteiger partial charge in [0.05, 0.1) is 28.3 Å². The van der Waals surface area contributed by atoms with Crippen molar-refractivity contribution in [3.63, 3.8) is 0 Å². The van der Waals surface area contributed by atoms with Crippen molar-refractivity contribution in [2.24, 2.45) is 0 Å². The highest BCUT2D eigenvalue weighted by Crippen LogP contribution is 2.33. The summed E-state index contributed by atoms with van der Waals surface area (Å²) in [5.41, 5.74) is 0.0956. The number of nitrogens with zero attached hydrogens (tertiary/aromatic N) is 5. The van der Waals surface area contributed by atoms with Gasteiger partial charge in [-0.1, -0.05) is 18.2 Å². The third-order valence-corrected chi connectivity index (χ3v) is 4.67. The van der Waals surface area contributed by atoms with Crippen LogP contribution in [0, 0.1) is 15.9 Å². The molecular weight excluding hydrogens is 444 g/mol. The number of aromatic nitrogens is 4. The molecule has 168 valence electrons. The summed E-state index contributed by atoms with van der Waals surface area (Å²) in [7, 11) is 0. The molecule has 0 saturated heterocycles. The Hall–Kier alpha value is -4.35. The van der Waals surface area contributed by atoms with Crippen LogP contribution in [0.4, 0.5) is 34.6 Å². The molecule has 4 rings (SSSR count). The smallest absolute Gasteiger partial charge is 0.355 e. The Morgan fingerprint density at radius 2 is 1.76 bits per heavy atom. The molecule has 0 unspecified atom stereocenters. The van der Waals surface area contributed by atoms with E-state index in [0.717, 1.165) is 16.9 Å². The van der Waals surface area contributed by atoms with E-state index < -0.39 is 22.5 Å². The van der Waals surface area contributed by atoms with Crippen molar-refractivity contribution < 1.29 is 22.5 Å². The highest BCUT2D eigenvalue weighted by molar-refractivity contribution is 5.79. The molecule has 0 bridgehead atoms. The molecular formula is C21H14F4N6O2. The van der Waals surface area contributed by atoms with Crippen LogP contribution < -0.4 is 5.32 Å². The first-order chi connectivity index (χ1) is 15.7. The monoisotopic (exact) mass is 458 g/mol. The van der Waals surface area contributed by atoms with Gasteiger partial charge in [-0.15, -0.1) is 10.2 Å². The molecule has 0 aliphatic carbocycles. The summed E-state index contributed by atoms with van der Waals surface area (Å²) >= 11 is 0. The molecule has 33 heavy (non-hydrogen) atoms. The van der Waals surface area contributed by atoms with Gasteiger partial charge < -0.3 is 5.32 Å². The van der Waals surface area contributed by atoms with Gasteiger partial charge >= 0.3 is 6.18 Å². The average molecular weight is 458 g/mol. The maximum Gasteiger partial charge on any atom is 0.416 e. The number of halogens is 4. The van der Waals surface area contributed by atoms with Crippen molar-refractivity contribution in [3.8, 4) is 11.4 Å². The second-order valence-corrected chi connectivity index (χ2v) is 6.92. The third-order valence-electron chi connectivity index (χ3n) is 4.67. The van der Waals surface area contributed by atoms with E-state index in [1.807, 2.05) is 0 Å². The number of non-ortho nitro benzene ring substituents is 1. The first kappa shape index (κ1) is 21.9. The number of nitrogens with one attached hydrogen (secondary N) is 1. The van der Waals surface area contributed by atoms with Crippen LogP contribution in [0.25, 0.3) is 11.4 Å². The van der Waals surface area contributed by atoms with Crippen molar-refractivity contribution in [2.45, 2.75) is 12.7 Å². The Morgan fingerprint density at radius 3 is 2.42 bits per heavy atom. The highest BCUT2D eigenvalue weighted by Gasteiger charge is 2.30. The molecule has 0 atom stereocenters. The number of anilines is 2. The Kier molecular flexibility index (Phi) is 5.73. The first-order valence-electron chi connectivity index (χ1n) is 9.45. The van der Waals surface area contributed by atoms with E-state index >= 15 is 0 Å². The summed E-state index contributed by atoms with van der Waals surface area (Å²) in [6.45, 7) is -0.0176. The van der Waals surface area contributed by atoms with Crippen molar-refractivity contribution in [2.75, 3.05) is 5.32 Å². The van der Waals surface area contributed by atoms with Gasteiger partial charge in [-0.3, -0.25) is 10.1 Å². The number of nitro benzene ring substituents is 1. The molecule has 1 N–H and O–H groups in total. The van der Waals surface area contributed by atoms with Crippen LogP contribution in [-0.4, -0.2) is 25.1 Å². The van der Waals surface area contributed by atoms with Crippen LogP contribution in [-0.2, 0) is 12.7 Å². The van der Waals surface area contributed by atoms with Crippen molar-refractivity contribution in [3.05, 3.63) is 93.8 Å². The predicted molar refractivity (Wildman–Crippen MR) is 110 cm³/mol. The van der Waals surface area contributed by atoms with Gasteiger partial charge in [0.25, 0.3) is 5.69 Å². The lowest BCUT2D eigenvalue weighted by Crippen LogP contribution is -2.06. The van der Waals surface area contributed by atoms with Crippen LogP contribution in [0.5, 0.6) is 0 Å². The molecule has 1 aromatic heterocycles. The van der Waals surface area contributed by atoms with Crippen LogP contribution in [0.3, 0.4) is 0 Å². The van der Waals surface area contributed by atoms with E-state index in [1.165, 1.54) is 36.4 Å². The van der Waals surface area contributed by atoms with Gasteiger partial charge in [0, 0.05) is 23.4 Å². The molecule has 0 amide bonds. The Bertz CT molecular complexity index is 1300. The van der Waals surface area contributed by atoms with E-state index in [1.54, 1.807) is 18.2 Å². The number of nitro groups is 1. The fourth-order valence-electron chi connectivity index (χ4n) is 3.03. The van der Waals surface area contributed by atoms with E-state index in [0.29, 0.717) is 16.9 Å². The van der Waals surface area contributed by atoms with Crippen LogP contribution in [0.1, 0.15) is 11.1 Å². The minimum absolute atomic E-state index is 0.0176. The Balaban J connectivity index is 1.66. The lowest BCUT2D eigenvalue weighted by atomic mass is 10.1. The predicted octanol–water partition coefficient (Wildman–Crippen LogP) is 5.20. The zero-order valence-electron chi connectivity index (χ0n) is 16.6. The quantitative estimate of drug-likeness (QED) is 0.242. The maximum atomic E-state index is 13.9. The fraction of sp³-hybridized carbons (Fsp3) is 0.0952. The SMILES string of the molecule is O=[N+]([O-])c1ccc(Nc2ccc(C(F)(F)F)cc2)c(-c2nnn(Cc3ccccc3F)n2)c1. The molecule has 1 heterocycles. The molecule has 0 radical (unpaired) electrons. The number of rotatable bonds is 6. The summed E-state index contributed by atoms with van der Waals surface area (Å²) in [5, 5.41) is 26.1. The zero-order chi connectivity index (χ0) is 23.6. The molecule has 12 heteroatoms. The normalized spacial score (nSPS) is 11.4. The topological polar surface area (TPSA) is 98.8 Å². The standard InChI is InChI=1S/C21H14F4N6O2/c22-18-4-2-1-3-13(18)12-30-28-20(27-29-30)17-11-16(31(32)33)9-10-19(17)26-15-7-5-14(6-8-15)21(23,24)25/h1-11,26H,12H2. The molecule has 0 fully saturated rings. The van der Waals surface area contributed by atoms with Gasteiger partial charge in [-0.25, -0.2) is 4.39 Å². The number of hydrogen-bond acceptors (Lipinski definition) is 6. The van der Waals surface area contributed by atoms with E-state index in [2.05, 4.69) is 20.7 Å². The number of hydrogen-bond donors (Lipinski definition) is 1. The summed E-state index contributed by atoms with van der Waals surface area (Å²) < 4.78 is 52.3. The van der Waals surface area contributed by atoms with E-state index in [-0.39, 0.29) is 23.6 Å². The van der Waals surface area contributed by atoms with Gasteiger partial charge in [0.1, 0.15) is 5.82 Å². The zero-order valence-corrected chi connectivity index (χ0v) is 16.6. The van der Waals surface area contributed by atoms with Crippen LogP contribution in [0.15, 0.2) is 66.7 Å². The summed E-state index contributed by atoms with van der Waals surface area (Å²) in [6.07, 6.45) is -4.47. The van der Waals surface area contributed by atoms with Gasteiger partial charge in [0.15, 0.2) is 0 Å². The lowest BCUT2D eigenvalue weighted by molar-refractivity contribution is -0.384. The molecule has 0 aliphatic heterocycles. The third kappa shape index (κ3) is 4.95. The first-order valence-corrected chi connectivity index (χ1v) is 9.45. The summed E-state index contributed by atoms with van der Waals surface area (Å²) in [5.74, 6) is -0.430. The Labute approximate surface area is 183 Å². The molecule has 0 aliphatic rings. The van der Waals surface area contributed by atoms with Gasteiger partial charge in [-0.2, -0.15) is 18.0 Å².